The van der Waals surface area contributed by atoms with E-state index in [0.29, 0.717) is 4.52 Å². The molecule has 0 saturated heterocycles. The third-order valence-corrected chi connectivity index (χ3v) is 1.92. The molecule has 2 heterocycles. The highest BCUT2D eigenvalue weighted by atomic mass is 19.4. The fourth-order valence-electron chi connectivity index (χ4n) is 1.26. The number of aromatic nitrogens is 3. The number of nitrogens with zero attached hydrogens (tertiary/aromatic N) is 3. The average molecular weight is 231 g/mol. The molecule has 2 aromatic rings. The molecule has 84 valence electrons. The van der Waals surface area contributed by atoms with Crippen molar-refractivity contribution in [3.05, 3.63) is 29.7 Å². The molecule has 0 fully saturated rings. The third-order valence-electron chi connectivity index (χ3n) is 1.92. The Morgan fingerprint density at radius 3 is 2.69 bits per heavy atom. The van der Waals surface area contributed by atoms with Crippen LogP contribution in [0, 0.1) is 0 Å². The molecule has 0 aliphatic carbocycles. The molecule has 2 rings (SSSR count). The van der Waals surface area contributed by atoms with Gasteiger partial charge >= 0.3 is 12.1 Å². The Kier molecular flexibility index (Phi) is 2.07. The number of alkyl halides is 3. The van der Waals surface area contributed by atoms with E-state index in [-0.39, 0.29) is 11.2 Å². The van der Waals surface area contributed by atoms with E-state index >= 15 is 0 Å². The summed E-state index contributed by atoms with van der Waals surface area (Å²) in [4.78, 5) is 14.2. The Morgan fingerprint density at radius 2 is 2.12 bits per heavy atom. The second kappa shape index (κ2) is 3.19. The zero-order valence-corrected chi connectivity index (χ0v) is 7.56. The molecule has 16 heavy (non-hydrogen) atoms. The van der Waals surface area contributed by atoms with E-state index in [1.54, 1.807) is 0 Å². The molecular formula is C8H4F3N3O2. The van der Waals surface area contributed by atoms with Crippen molar-refractivity contribution in [2.45, 2.75) is 6.18 Å². The van der Waals surface area contributed by atoms with Crippen LogP contribution in [0.2, 0.25) is 0 Å². The van der Waals surface area contributed by atoms with E-state index in [2.05, 4.69) is 10.1 Å². The van der Waals surface area contributed by atoms with Gasteiger partial charge in [-0.3, -0.25) is 0 Å². The minimum Gasteiger partial charge on any atom is -0.477 e. The molecule has 0 bridgehead atoms. The minimum absolute atomic E-state index is 0.331. The Hall–Kier alpha value is -2.12. The normalized spacial score (nSPS) is 11.9. The summed E-state index contributed by atoms with van der Waals surface area (Å²) in [5.74, 6) is -1.37. The van der Waals surface area contributed by atoms with Gasteiger partial charge < -0.3 is 5.11 Å². The fourth-order valence-corrected chi connectivity index (χ4v) is 1.26. The van der Waals surface area contributed by atoms with Crippen LogP contribution in [0.15, 0.2) is 18.5 Å². The van der Waals surface area contributed by atoms with Crippen LogP contribution in [0.1, 0.15) is 16.1 Å². The molecule has 2 aromatic heterocycles. The molecule has 0 aromatic carbocycles. The van der Waals surface area contributed by atoms with Gasteiger partial charge in [0.15, 0.2) is 5.65 Å². The number of hydrogen-bond acceptors (Lipinski definition) is 3. The monoisotopic (exact) mass is 231 g/mol. The lowest BCUT2D eigenvalue weighted by Crippen LogP contribution is -2.13. The van der Waals surface area contributed by atoms with Crippen LogP contribution in [-0.2, 0) is 6.18 Å². The standard InChI is InChI=1S/C8H4F3N3O2/c9-8(10,11)5-1-2-12-6-4(7(15)16)3-13-14(5)6/h1-3H,(H,15,16). The first-order valence-electron chi connectivity index (χ1n) is 4.04. The van der Waals surface area contributed by atoms with Gasteiger partial charge in [0.05, 0.1) is 6.20 Å². The van der Waals surface area contributed by atoms with E-state index in [1.807, 2.05) is 0 Å². The highest BCUT2D eigenvalue weighted by Crippen LogP contribution is 2.29. The number of carbonyl (C=O) groups is 1. The highest BCUT2D eigenvalue weighted by molar-refractivity contribution is 5.94. The maximum absolute atomic E-state index is 12.5. The van der Waals surface area contributed by atoms with E-state index in [1.165, 1.54) is 0 Å². The summed E-state index contributed by atoms with van der Waals surface area (Å²) in [6.45, 7) is 0. The maximum Gasteiger partial charge on any atom is 0.433 e. The lowest BCUT2D eigenvalue weighted by atomic mass is 10.3. The van der Waals surface area contributed by atoms with Gasteiger partial charge in [-0.1, -0.05) is 0 Å². The van der Waals surface area contributed by atoms with Gasteiger partial charge in [-0.15, -0.1) is 0 Å². The first kappa shape index (κ1) is 10.4. The number of aromatic carboxylic acids is 1. The number of hydrogen-bond donors (Lipinski definition) is 1. The first-order valence-corrected chi connectivity index (χ1v) is 4.04. The molecule has 0 aliphatic rings. The third kappa shape index (κ3) is 1.47. The smallest absolute Gasteiger partial charge is 0.433 e. The predicted octanol–water partition coefficient (Wildman–Crippen LogP) is 1.45. The van der Waals surface area contributed by atoms with Gasteiger partial charge in [0.25, 0.3) is 0 Å². The van der Waals surface area contributed by atoms with Crippen LogP contribution in [0.5, 0.6) is 0 Å². The zero-order valence-electron chi connectivity index (χ0n) is 7.56. The van der Waals surface area contributed by atoms with Crippen LogP contribution in [0.4, 0.5) is 13.2 Å². The SMILES string of the molecule is O=C(O)c1cnn2c(C(F)(F)F)ccnc12. The second-order valence-corrected chi connectivity index (χ2v) is 2.93. The number of carboxylic acid groups (broad SMARTS) is 1. The van der Waals surface area contributed by atoms with Crippen LogP contribution < -0.4 is 0 Å². The molecule has 0 amide bonds. The van der Waals surface area contributed by atoms with Crippen LogP contribution >= 0.6 is 0 Å². The van der Waals surface area contributed by atoms with Crippen molar-refractivity contribution >= 4 is 11.6 Å². The van der Waals surface area contributed by atoms with Crippen molar-refractivity contribution < 1.29 is 23.1 Å². The molecule has 5 nitrogen and oxygen atoms in total. The van der Waals surface area contributed by atoms with E-state index in [4.69, 9.17) is 5.11 Å². The van der Waals surface area contributed by atoms with Crippen LogP contribution in [0.25, 0.3) is 5.65 Å². The van der Waals surface area contributed by atoms with Crippen LogP contribution in [-0.4, -0.2) is 25.7 Å². The van der Waals surface area contributed by atoms with Gasteiger partial charge in [0.1, 0.15) is 11.3 Å². The van der Waals surface area contributed by atoms with Crippen molar-refractivity contribution in [1.82, 2.24) is 14.6 Å². The summed E-state index contributed by atoms with van der Waals surface area (Å²) in [7, 11) is 0. The van der Waals surface area contributed by atoms with Crippen molar-refractivity contribution in [3.63, 3.8) is 0 Å². The maximum atomic E-state index is 12.5. The minimum atomic E-state index is -4.61. The Morgan fingerprint density at radius 1 is 1.44 bits per heavy atom. The molecule has 0 atom stereocenters. The van der Waals surface area contributed by atoms with Crippen molar-refractivity contribution in [2.75, 3.05) is 0 Å². The summed E-state index contributed by atoms with van der Waals surface area (Å²) < 4.78 is 37.9. The quantitative estimate of drug-likeness (QED) is 0.806. The fraction of sp³-hybridized carbons (Fsp3) is 0.125. The molecule has 1 N–H and O–H groups in total. The Labute approximate surface area is 86.1 Å². The van der Waals surface area contributed by atoms with E-state index < -0.39 is 17.8 Å². The molecular weight excluding hydrogens is 227 g/mol. The number of carboxylic acids is 1. The highest BCUT2D eigenvalue weighted by Gasteiger charge is 2.34. The summed E-state index contributed by atoms with van der Waals surface area (Å²) in [5, 5.41) is 12.1. The summed E-state index contributed by atoms with van der Waals surface area (Å²) >= 11 is 0. The van der Waals surface area contributed by atoms with Gasteiger partial charge in [-0.25, -0.2) is 14.3 Å². The van der Waals surface area contributed by atoms with Crippen LogP contribution in [0.3, 0.4) is 0 Å². The topological polar surface area (TPSA) is 67.5 Å². The lowest BCUT2D eigenvalue weighted by Gasteiger charge is -2.07. The van der Waals surface area contributed by atoms with Gasteiger partial charge in [0, 0.05) is 6.20 Å². The number of fused-ring (bicyclic) bond motifs is 1. The Bertz CT molecular complexity index is 561. The zero-order chi connectivity index (χ0) is 11.9. The summed E-state index contributed by atoms with van der Waals surface area (Å²) in [6, 6.07) is 0.728. The molecule has 0 radical (unpaired) electrons. The van der Waals surface area contributed by atoms with Gasteiger partial charge in [-0.2, -0.15) is 18.3 Å². The Balaban J connectivity index is 2.77. The van der Waals surface area contributed by atoms with Crippen molar-refractivity contribution in [3.8, 4) is 0 Å². The van der Waals surface area contributed by atoms with Crippen molar-refractivity contribution in [1.29, 1.82) is 0 Å². The molecule has 0 unspecified atom stereocenters. The molecule has 0 saturated carbocycles. The molecule has 0 spiro atoms. The largest absolute Gasteiger partial charge is 0.477 e. The number of halogens is 3. The lowest BCUT2D eigenvalue weighted by molar-refractivity contribution is -0.142. The number of rotatable bonds is 1. The van der Waals surface area contributed by atoms with E-state index in [0.717, 1.165) is 18.5 Å². The van der Waals surface area contributed by atoms with Gasteiger partial charge in [0.2, 0.25) is 0 Å². The summed E-state index contributed by atoms with van der Waals surface area (Å²) in [5.41, 5.74) is -1.77. The molecule has 0 aliphatic heterocycles. The van der Waals surface area contributed by atoms with Gasteiger partial charge in [-0.05, 0) is 6.07 Å². The summed E-state index contributed by atoms with van der Waals surface area (Å²) in [6.07, 6.45) is -2.88. The van der Waals surface area contributed by atoms with E-state index in [9.17, 15) is 18.0 Å². The average Bonchev–Trinajstić information content (AvgIpc) is 2.58. The van der Waals surface area contributed by atoms with Crippen molar-refractivity contribution in [2.24, 2.45) is 0 Å². The molecule has 8 heteroatoms. The first-order chi connectivity index (χ1) is 7.41. The predicted molar refractivity (Wildman–Crippen MR) is 44.9 cm³/mol. The second-order valence-electron chi connectivity index (χ2n) is 2.93.